The van der Waals surface area contributed by atoms with Crippen LogP contribution in [-0.2, 0) is 4.79 Å². The van der Waals surface area contributed by atoms with E-state index in [4.69, 9.17) is 9.84 Å². The van der Waals surface area contributed by atoms with E-state index in [1.54, 1.807) is 31.1 Å². The first-order chi connectivity index (χ1) is 9.93. The zero-order valence-electron chi connectivity index (χ0n) is 12.4. The lowest BCUT2D eigenvalue weighted by atomic mass is 10.0. The number of aryl methyl sites for hydroxylation is 1. The molecule has 6 nitrogen and oxygen atoms in total. The summed E-state index contributed by atoms with van der Waals surface area (Å²) in [5.41, 5.74) is 1.59. The highest BCUT2D eigenvalue weighted by molar-refractivity contribution is 5.91. The first kappa shape index (κ1) is 15.2. The number of rotatable bonds is 3. The Bertz CT molecular complexity index is 559. The SMILES string of the molecule is COc1ccc(NC(=O)N2CCC(C(=O)O)C2C)c(C)c1. The van der Waals surface area contributed by atoms with Gasteiger partial charge in [-0.15, -0.1) is 0 Å². The van der Waals surface area contributed by atoms with E-state index < -0.39 is 11.9 Å². The highest BCUT2D eigenvalue weighted by atomic mass is 16.5. The first-order valence-electron chi connectivity index (χ1n) is 6.89. The van der Waals surface area contributed by atoms with E-state index in [1.165, 1.54) is 0 Å². The Morgan fingerprint density at radius 1 is 1.43 bits per heavy atom. The quantitative estimate of drug-likeness (QED) is 0.896. The van der Waals surface area contributed by atoms with E-state index in [9.17, 15) is 9.59 Å². The second-order valence-corrected chi connectivity index (χ2v) is 5.28. The van der Waals surface area contributed by atoms with Gasteiger partial charge in [-0.3, -0.25) is 4.79 Å². The van der Waals surface area contributed by atoms with Crippen molar-refractivity contribution in [3.8, 4) is 5.75 Å². The van der Waals surface area contributed by atoms with Crippen molar-refractivity contribution >= 4 is 17.7 Å². The number of urea groups is 1. The maximum atomic E-state index is 12.3. The summed E-state index contributed by atoms with van der Waals surface area (Å²) in [6, 6.07) is 4.82. The van der Waals surface area contributed by atoms with Gasteiger partial charge in [-0.05, 0) is 44.0 Å². The molecule has 0 aliphatic carbocycles. The van der Waals surface area contributed by atoms with Gasteiger partial charge < -0.3 is 20.1 Å². The van der Waals surface area contributed by atoms with Gasteiger partial charge in [0, 0.05) is 18.3 Å². The van der Waals surface area contributed by atoms with Gasteiger partial charge in [0.15, 0.2) is 0 Å². The topological polar surface area (TPSA) is 78.9 Å². The van der Waals surface area contributed by atoms with Gasteiger partial charge in [0.2, 0.25) is 0 Å². The van der Waals surface area contributed by atoms with Crippen LogP contribution < -0.4 is 10.1 Å². The predicted molar refractivity (Wildman–Crippen MR) is 78.7 cm³/mol. The number of carbonyl (C=O) groups is 2. The molecular weight excluding hydrogens is 272 g/mol. The lowest BCUT2D eigenvalue weighted by molar-refractivity contribution is -0.142. The first-order valence-corrected chi connectivity index (χ1v) is 6.89. The zero-order valence-corrected chi connectivity index (χ0v) is 12.4. The molecule has 2 atom stereocenters. The molecule has 1 aromatic rings. The van der Waals surface area contributed by atoms with E-state index in [1.807, 2.05) is 13.0 Å². The van der Waals surface area contributed by atoms with Crippen LogP contribution in [0, 0.1) is 12.8 Å². The summed E-state index contributed by atoms with van der Waals surface area (Å²) in [5.74, 6) is -0.614. The molecule has 2 amide bonds. The summed E-state index contributed by atoms with van der Waals surface area (Å²) >= 11 is 0. The molecule has 6 heteroatoms. The third-order valence-corrected chi connectivity index (χ3v) is 4.01. The third-order valence-electron chi connectivity index (χ3n) is 4.01. The molecule has 2 N–H and O–H groups in total. The van der Waals surface area contributed by atoms with Crippen LogP contribution in [0.15, 0.2) is 18.2 Å². The number of hydrogen-bond acceptors (Lipinski definition) is 3. The van der Waals surface area contributed by atoms with Gasteiger partial charge >= 0.3 is 12.0 Å². The number of amides is 2. The van der Waals surface area contributed by atoms with Gasteiger partial charge in [-0.25, -0.2) is 4.79 Å². The number of benzene rings is 1. The van der Waals surface area contributed by atoms with Crippen LogP contribution in [0.1, 0.15) is 18.9 Å². The number of carbonyl (C=O) groups excluding carboxylic acids is 1. The fourth-order valence-electron chi connectivity index (χ4n) is 2.65. The van der Waals surface area contributed by atoms with Crippen molar-refractivity contribution in [2.45, 2.75) is 26.3 Å². The van der Waals surface area contributed by atoms with Crippen LogP contribution in [0.5, 0.6) is 5.75 Å². The van der Waals surface area contributed by atoms with Crippen molar-refractivity contribution in [2.24, 2.45) is 5.92 Å². The Balaban J connectivity index is 2.07. The number of anilines is 1. The summed E-state index contributed by atoms with van der Waals surface area (Å²) in [7, 11) is 1.59. The molecule has 1 aromatic carbocycles. The van der Waals surface area contributed by atoms with Crippen molar-refractivity contribution in [3.63, 3.8) is 0 Å². The molecule has 1 aliphatic heterocycles. The van der Waals surface area contributed by atoms with Crippen LogP contribution >= 0.6 is 0 Å². The van der Waals surface area contributed by atoms with Crippen molar-refractivity contribution in [1.82, 2.24) is 4.90 Å². The van der Waals surface area contributed by atoms with Gasteiger partial charge in [-0.2, -0.15) is 0 Å². The molecule has 0 radical (unpaired) electrons. The Hall–Kier alpha value is -2.24. The fraction of sp³-hybridized carbons (Fsp3) is 0.467. The average Bonchev–Trinajstić information content (AvgIpc) is 2.83. The van der Waals surface area contributed by atoms with Gasteiger partial charge in [-0.1, -0.05) is 0 Å². The summed E-state index contributed by atoms with van der Waals surface area (Å²) in [6.07, 6.45) is 0.492. The van der Waals surface area contributed by atoms with Gasteiger partial charge in [0.1, 0.15) is 5.75 Å². The number of methoxy groups -OCH3 is 1. The summed E-state index contributed by atoms with van der Waals surface area (Å²) in [6.45, 7) is 4.11. The number of likely N-dealkylation sites (tertiary alicyclic amines) is 1. The molecular formula is C15H20N2O4. The number of carboxylic acids is 1. The van der Waals surface area contributed by atoms with Crippen LogP contribution in [0.3, 0.4) is 0 Å². The maximum absolute atomic E-state index is 12.3. The molecule has 114 valence electrons. The minimum absolute atomic E-state index is 0.264. The van der Waals surface area contributed by atoms with Crippen LogP contribution in [-0.4, -0.2) is 41.7 Å². The normalized spacial score (nSPS) is 21.2. The number of hydrogen-bond donors (Lipinski definition) is 2. The monoisotopic (exact) mass is 292 g/mol. The molecule has 0 saturated carbocycles. The standard InChI is InChI=1S/C15H20N2O4/c1-9-8-11(21-3)4-5-13(9)16-15(20)17-7-6-12(10(17)2)14(18)19/h4-5,8,10,12H,6-7H2,1-3H3,(H,16,20)(H,18,19). The molecule has 1 fully saturated rings. The lowest BCUT2D eigenvalue weighted by Gasteiger charge is -2.24. The molecule has 1 heterocycles. The third kappa shape index (κ3) is 3.09. The van der Waals surface area contributed by atoms with Crippen LogP contribution in [0.4, 0.5) is 10.5 Å². The van der Waals surface area contributed by atoms with Crippen molar-refractivity contribution in [3.05, 3.63) is 23.8 Å². The number of aliphatic carboxylic acids is 1. The minimum atomic E-state index is -0.849. The van der Waals surface area contributed by atoms with Crippen LogP contribution in [0.2, 0.25) is 0 Å². The zero-order chi connectivity index (χ0) is 15.6. The highest BCUT2D eigenvalue weighted by Crippen LogP contribution is 2.26. The number of ether oxygens (including phenoxy) is 1. The van der Waals surface area contributed by atoms with Gasteiger partial charge in [0.05, 0.1) is 13.0 Å². The second-order valence-electron chi connectivity index (χ2n) is 5.28. The van der Waals surface area contributed by atoms with E-state index in [0.717, 1.165) is 11.3 Å². The lowest BCUT2D eigenvalue weighted by Crippen LogP contribution is -2.40. The summed E-state index contributed by atoms with van der Waals surface area (Å²) in [5, 5.41) is 11.9. The number of carboxylic acid groups (broad SMARTS) is 1. The highest BCUT2D eigenvalue weighted by Gasteiger charge is 2.38. The number of nitrogens with zero attached hydrogens (tertiary/aromatic N) is 1. The predicted octanol–water partition coefficient (Wildman–Crippen LogP) is 2.33. The molecule has 2 rings (SSSR count). The molecule has 0 bridgehead atoms. The Morgan fingerprint density at radius 2 is 2.14 bits per heavy atom. The molecule has 0 aromatic heterocycles. The fourth-order valence-corrected chi connectivity index (χ4v) is 2.65. The smallest absolute Gasteiger partial charge is 0.322 e. The van der Waals surface area contributed by atoms with E-state index in [2.05, 4.69) is 5.32 Å². The molecule has 0 spiro atoms. The van der Waals surface area contributed by atoms with Crippen molar-refractivity contribution < 1.29 is 19.4 Å². The maximum Gasteiger partial charge on any atom is 0.322 e. The van der Waals surface area contributed by atoms with E-state index in [-0.39, 0.29) is 12.1 Å². The summed E-state index contributed by atoms with van der Waals surface area (Å²) < 4.78 is 5.12. The van der Waals surface area contributed by atoms with E-state index in [0.29, 0.717) is 18.7 Å². The largest absolute Gasteiger partial charge is 0.497 e. The minimum Gasteiger partial charge on any atom is -0.497 e. The molecule has 1 aliphatic rings. The Kier molecular flexibility index (Phi) is 4.35. The molecule has 21 heavy (non-hydrogen) atoms. The van der Waals surface area contributed by atoms with Crippen molar-refractivity contribution in [2.75, 3.05) is 19.0 Å². The Labute approximate surface area is 123 Å². The summed E-state index contributed by atoms with van der Waals surface area (Å²) in [4.78, 5) is 25.0. The van der Waals surface area contributed by atoms with Crippen molar-refractivity contribution in [1.29, 1.82) is 0 Å². The molecule has 2 unspecified atom stereocenters. The van der Waals surface area contributed by atoms with Crippen LogP contribution in [0.25, 0.3) is 0 Å². The average molecular weight is 292 g/mol. The molecule has 1 saturated heterocycles. The second kappa shape index (κ2) is 6.03. The Morgan fingerprint density at radius 3 is 2.67 bits per heavy atom. The number of nitrogens with one attached hydrogen (secondary N) is 1. The van der Waals surface area contributed by atoms with E-state index >= 15 is 0 Å². The van der Waals surface area contributed by atoms with Gasteiger partial charge in [0.25, 0.3) is 0 Å².